The van der Waals surface area contributed by atoms with Crippen molar-refractivity contribution in [1.82, 2.24) is 9.36 Å². The molecule has 2 aromatic carbocycles. The Morgan fingerprint density at radius 3 is 2.27 bits per heavy atom. The molecule has 3 rings (SSSR count). The van der Waals surface area contributed by atoms with Crippen LogP contribution >= 0.6 is 11.5 Å². The minimum Gasteiger partial charge on any atom is -0.430 e. The summed E-state index contributed by atoms with van der Waals surface area (Å²) in [6.45, 7) is 0. The van der Waals surface area contributed by atoms with Crippen LogP contribution in [0.2, 0.25) is 0 Å². The summed E-state index contributed by atoms with van der Waals surface area (Å²) in [5.41, 5.74) is -4.81. The molecule has 0 unspecified atom stereocenters. The second-order valence-electron chi connectivity index (χ2n) is 4.93. The van der Waals surface area contributed by atoms with E-state index in [0.29, 0.717) is 5.82 Å². The van der Waals surface area contributed by atoms with E-state index in [1.165, 1.54) is 16.9 Å². The molecule has 3 aromatic rings. The number of hydrogen-bond acceptors (Lipinski definition) is 6. The van der Waals surface area contributed by atoms with Crippen molar-refractivity contribution >= 4 is 27.2 Å². The van der Waals surface area contributed by atoms with Gasteiger partial charge in [0.05, 0.1) is 0 Å². The molecular formula is C15H10F3N3O3S2. The SMILES string of the molecule is O=S(=O)(Nc1ccc(Oc2nc(-c3ccccc3)ns2)cc1)C(F)(F)F. The zero-order valence-electron chi connectivity index (χ0n) is 12.8. The smallest absolute Gasteiger partial charge is 0.430 e. The normalized spacial score (nSPS) is 12.0. The summed E-state index contributed by atoms with van der Waals surface area (Å²) < 4.78 is 70.2. The lowest BCUT2D eigenvalue weighted by molar-refractivity contribution is -0.0429. The number of halogens is 3. The Bertz CT molecular complexity index is 988. The Hall–Kier alpha value is -2.66. The third kappa shape index (κ3) is 4.11. The van der Waals surface area contributed by atoms with Crippen LogP contribution in [0.5, 0.6) is 10.9 Å². The van der Waals surface area contributed by atoms with Crippen molar-refractivity contribution in [3.05, 3.63) is 54.6 Å². The van der Waals surface area contributed by atoms with Crippen molar-refractivity contribution in [1.29, 1.82) is 0 Å². The number of sulfonamides is 1. The summed E-state index contributed by atoms with van der Waals surface area (Å²) in [6, 6.07) is 14.2. The number of rotatable bonds is 5. The summed E-state index contributed by atoms with van der Waals surface area (Å²) in [6.07, 6.45) is 0. The number of hydrogen-bond donors (Lipinski definition) is 1. The molecular weight excluding hydrogens is 391 g/mol. The molecule has 0 spiro atoms. The van der Waals surface area contributed by atoms with Gasteiger partial charge in [-0.3, -0.25) is 4.72 Å². The van der Waals surface area contributed by atoms with Crippen molar-refractivity contribution < 1.29 is 26.3 Å². The lowest BCUT2D eigenvalue weighted by atomic mass is 10.2. The van der Waals surface area contributed by atoms with Gasteiger partial charge in [0.15, 0.2) is 5.82 Å². The summed E-state index contributed by atoms with van der Waals surface area (Å²) in [4.78, 5) is 4.21. The van der Waals surface area contributed by atoms with E-state index >= 15 is 0 Å². The van der Waals surface area contributed by atoms with E-state index < -0.39 is 15.5 Å². The number of nitrogens with zero attached hydrogens (tertiary/aromatic N) is 2. The van der Waals surface area contributed by atoms with Gasteiger partial charge in [0.1, 0.15) is 5.75 Å². The lowest BCUT2D eigenvalue weighted by Gasteiger charge is -2.10. The molecule has 0 amide bonds. The van der Waals surface area contributed by atoms with Gasteiger partial charge in [-0.25, -0.2) is 0 Å². The first-order valence-electron chi connectivity index (χ1n) is 7.01. The minimum absolute atomic E-state index is 0.239. The monoisotopic (exact) mass is 401 g/mol. The molecule has 1 heterocycles. The van der Waals surface area contributed by atoms with Crippen LogP contribution in [-0.4, -0.2) is 23.3 Å². The quantitative estimate of drug-likeness (QED) is 0.691. The average molecular weight is 401 g/mol. The van der Waals surface area contributed by atoms with Gasteiger partial charge in [-0.15, -0.1) is 0 Å². The average Bonchev–Trinajstić information content (AvgIpc) is 3.05. The zero-order chi connectivity index (χ0) is 18.8. The first-order chi connectivity index (χ1) is 12.2. The highest BCUT2D eigenvalue weighted by Gasteiger charge is 2.46. The van der Waals surface area contributed by atoms with Crippen molar-refractivity contribution in [2.45, 2.75) is 5.51 Å². The second-order valence-corrected chi connectivity index (χ2v) is 7.32. The van der Waals surface area contributed by atoms with E-state index in [1.807, 2.05) is 30.3 Å². The van der Waals surface area contributed by atoms with Crippen molar-refractivity contribution in [2.75, 3.05) is 4.72 Å². The van der Waals surface area contributed by atoms with Crippen LogP contribution in [-0.2, 0) is 10.0 Å². The Morgan fingerprint density at radius 2 is 1.65 bits per heavy atom. The van der Waals surface area contributed by atoms with E-state index in [4.69, 9.17) is 4.74 Å². The van der Waals surface area contributed by atoms with Crippen molar-refractivity contribution in [2.24, 2.45) is 0 Å². The predicted molar refractivity (Wildman–Crippen MR) is 90.5 cm³/mol. The van der Waals surface area contributed by atoms with Crippen LogP contribution in [0.25, 0.3) is 11.4 Å². The molecule has 136 valence electrons. The lowest BCUT2D eigenvalue weighted by Crippen LogP contribution is -2.29. The minimum atomic E-state index is -5.46. The van der Waals surface area contributed by atoms with Crippen LogP contribution in [0.3, 0.4) is 0 Å². The van der Waals surface area contributed by atoms with Gasteiger partial charge in [-0.05, 0) is 24.3 Å². The number of ether oxygens (including phenoxy) is 1. The highest BCUT2D eigenvalue weighted by Crippen LogP contribution is 2.29. The van der Waals surface area contributed by atoms with E-state index in [-0.39, 0.29) is 16.6 Å². The Labute approximate surface area is 150 Å². The first kappa shape index (κ1) is 18.1. The molecule has 0 bridgehead atoms. The summed E-state index contributed by atoms with van der Waals surface area (Å²) in [7, 11) is -5.46. The number of anilines is 1. The number of aromatic nitrogens is 2. The maximum absolute atomic E-state index is 12.3. The molecule has 1 N–H and O–H groups in total. The van der Waals surface area contributed by atoms with Gasteiger partial charge in [0.2, 0.25) is 0 Å². The third-order valence-electron chi connectivity index (χ3n) is 3.06. The van der Waals surface area contributed by atoms with E-state index in [0.717, 1.165) is 29.2 Å². The molecule has 6 nitrogen and oxygen atoms in total. The molecule has 0 saturated heterocycles. The van der Waals surface area contributed by atoms with Crippen LogP contribution in [0, 0.1) is 0 Å². The first-order valence-corrected chi connectivity index (χ1v) is 9.26. The predicted octanol–water partition coefficient (Wildman–Crippen LogP) is 4.26. The molecule has 11 heteroatoms. The van der Waals surface area contributed by atoms with E-state index in [2.05, 4.69) is 9.36 Å². The maximum Gasteiger partial charge on any atom is 0.516 e. The molecule has 0 aliphatic heterocycles. The van der Waals surface area contributed by atoms with Gasteiger partial charge in [0, 0.05) is 22.8 Å². The molecule has 1 aromatic heterocycles. The van der Waals surface area contributed by atoms with Crippen LogP contribution in [0.4, 0.5) is 18.9 Å². The second kappa shape index (κ2) is 6.92. The molecule has 0 atom stereocenters. The summed E-state index contributed by atoms with van der Waals surface area (Å²) in [5, 5.41) is 0.243. The number of alkyl halides is 3. The fraction of sp³-hybridized carbons (Fsp3) is 0.0667. The molecule has 0 aliphatic carbocycles. The van der Waals surface area contributed by atoms with Gasteiger partial charge < -0.3 is 4.74 Å². The molecule has 0 aliphatic rings. The number of nitrogens with one attached hydrogen (secondary N) is 1. The van der Waals surface area contributed by atoms with Gasteiger partial charge in [-0.1, -0.05) is 30.3 Å². The standard InChI is InChI=1S/C15H10F3N3O3S2/c16-15(17,18)26(22,23)21-11-6-8-12(9-7-11)24-14-19-13(20-25-14)10-4-2-1-3-5-10/h1-9,21H. The van der Waals surface area contributed by atoms with Crippen LogP contribution in [0.1, 0.15) is 0 Å². The van der Waals surface area contributed by atoms with Gasteiger partial charge >= 0.3 is 15.5 Å². The largest absolute Gasteiger partial charge is 0.516 e. The fourth-order valence-corrected chi connectivity index (χ4v) is 2.99. The number of benzene rings is 2. The van der Waals surface area contributed by atoms with E-state index in [1.54, 1.807) is 0 Å². The van der Waals surface area contributed by atoms with Crippen LogP contribution < -0.4 is 9.46 Å². The fourth-order valence-electron chi connectivity index (χ4n) is 1.86. The molecule has 0 saturated carbocycles. The summed E-state index contributed by atoms with van der Waals surface area (Å²) in [5.74, 6) is 0.760. The van der Waals surface area contributed by atoms with Gasteiger partial charge in [0.25, 0.3) is 5.19 Å². The Balaban J connectivity index is 1.70. The molecule has 0 radical (unpaired) electrons. The van der Waals surface area contributed by atoms with Crippen molar-refractivity contribution in [3.63, 3.8) is 0 Å². The Kier molecular flexibility index (Phi) is 4.83. The summed E-state index contributed by atoms with van der Waals surface area (Å²) >= 11 is 1.01. The zero-order valence-corrected chi connectivity index (χ0v) is 14.4. The molecule has 0 fully saturated rings. The highest BCUT2D eigenvalue weighted by molar-refractivity contribution is 7.93. The van der Waals surface area contributed by atoms with Crippen LogP contribution in [0.15, 0.2) is 54.6 Å². The molecule has 26 heavy (non-hydrogen) atoms. The van der Waals surface area contributed by atoms with E-state index in [9.17, 15) is 21.6 Å². The maximum atomic E-state index is 12.3. The Morgan fingerprint density at radius 1 is 1.00 bits per heavy atom. The topological polar surface area (TPSA) is 81.2 Å². The van der Waals surface area contributed by atoms with Gasteiger partial charge in [-0.2, -0.15) is 30.9 Å². The van der Waals surface area contributed by atoms with Crippen molar-refractivity contribution in [3.8, 4) is 22.3 Å². The third-order valence-corrected chi connectivity index (χ3v) is 4.76. The highest BCUT2D eigenvalue weighted by atomic mass is 32.2.